The topological polar surface area (TPSA) is 26.0 Å². The first-order valence-corrected chi connectivity index (χ1v) is 3.38. The Morgan fingerprint density at radius 3 is 2.00 bits per heavy atom. The van der Waals surface area contributed by atoms with E-state index >= 15 is 0 Å². The molecule has 9 heavy (non-hydrogen) atoms. The molecular weight excluding hydrogens is 200 g/mol. The van der Waals surface area contributed by atoms with Gasteiger partial charge in [0.2, 0.25) is 0 Å². The number of nitrogens with zero attached hydrogens (tertiary/aromatic N) is 1. The van der Waals surface area contributed by atoms with Crippen LogP contribution >= 0.6 is 12.6 Å². The van der Waals surface area contributed by atoms with Crippen LogP contribution in [0.2, 0.25) is 0 Å². The molecule has 0 aliphatic carbocycles. The van der Waals surface area contributed by atoms with Crippen LogP contribution in [0, 0.1) is 0 Å². The summed E-state index contributed by atoms with van der Waals surface area (Å²) in [6.07, 6.45) is 0. The van der Waals surface area contributed by atoms with Crippen molar-refractivity contribution in [1.82, 2.24) is 0 Å². The Morgan fingerprint density at radius 2 is 1.89 bits per heavy atom. The summed E-state index contributed by atoms with van der Waals surface area (Å²) < 4.78 is 0.865. The fourth-order valence-corrected chi connectivity index (χ4v) is 0.903. The molecule has 0 spiro atoms. The molecule has 0 bridgehead atoms. The quantitative estimate of drug-likeness (QED) is 0.291. The van der Waals surface area contributed by atoms with E-state index in [0.29, 0.717) is 6.67 Å². The highest BCUT2D eigenvalue weighted by Gasteiger charge is 2.08. The van der Waals surface area contributed by atoms with Gasteiger partial charge >= 0.3 is 0 Å². The molecule has 0 amide bonds. The maximum Gasteiger partial charge on any atom is 0.129 e. The summed E-state index contributed by atoms with van der Waals surface area (Å²) in [5, 5.41) is 0. The number of hydrogen-bond donors (Lipinski definition) is 2. The molecule has 0 aromatic rings. The van der Waals surface area contributed by atoms with Crippen molar-refractivity contribution in [3.8, 4) is 0 Å². The lowest BCUT2D eigenvalue weighted by atomic mass is 10.5. The lowest BCUT2D eigenvalue weighted by Crippen LogP contribution is -3.00. The Balaban J connectivity index is 0. The van der Waals surface area contributed by atoms with Gasteiger partial charge in [-0.15, -0.1) is 0 Å². The Labute approximate surface area is 73.2 Å². The largest absolute Gasteiger partial charge is 1.00 e. The third-order valence-electron chi connectivity index (χ3n) is 1.20. The lowest BCUT2D eigenvalue weighted by Gasteiger charge is -2.26. The Bertz CT molecular complexity index is 68.0. The van der Waals surface area contributed by atoms with Gasteiger partial charge in [-0.25, -0.2) is 0 Å². The molecule has 0 atom stereocenters. The molecule has 0 unspecified atom stereocenters. The van der Waals surface area contributed by atoms with E-state index in [9.17, 15) is 0 Å². The molecule has 2 nitrogen and oxygen atoms in total. The molecule has 58 valence electrons. The standard InChI is InChI=1S/C5H14N2S.BrH/c1-7(2,5-6)3-4-8;/h3-6H2,1-2H3;1H. The van der Waals surface area contributed by atoms with Gasteiger partial charge in [0, 0.05) is 5.75 Å². The average molecular weight is 215 g/mol. The SMILES string of the molecule is C[N+](C)(CN)CCS.[Br-]. The van der Waals surface area contributed by atoms with E-state index in [1.54, 1.807) is 0 Å². The second-order valence-corrected chi connectivity index (χ2v) is 3.01. The van der Waals surface area contributed by atoms with E-state index in [0.717, 1.165) is 16.8 Å². The van der Waals surface area contributed by atoms with Gasteiger partial charge in [0.1, 0.15) is 6.67 Å². The van der Waals surface area contributed by atoms with E-state index in [-0.39, 0.29) is 17.0 Å². The molecule has 0 aromatic heterocycles. The number of rotatable bonds is 3. The van der Waals surface area contributed by atoms with Gasteiger partial charge in [0.05, 0.1) is 20.6 Å². The number of hydrogen-bond acceptors (Lipinski definition) is 2. The van der Waals surface area contributed by atoms with Crippen LogP contribution in [0.5, 0.6) is 0 Å². The summed E-state index contributed by atoms with van der Waals surface area (Å²) in [5.41, 5.74) is 5.43. The van der Waals surface area contributed by atoms with Gasteiger partial charge < -0.3 is 21.5 Å². The molecule has 0 aliphatic heterocycles. The van der Waals surface area contributed by atoms with Crippen LogP contribution in [0.25, 0.3) is 0 Å². The Morgan fingerprint density at radius 1 is 1.44 bits per heavy atom. The Kier molecular flexibility index (Phi) is 7.63. The van der Waals surface area contributed by atoms with Crippen molar-refractivity contribution in [3.05, 3.63) is 0 Å². The molecule has 0 rings (SSSR count). The van der Waals surface area contributed by atoms with Gasteiger partial charge in [0.25, 0.3) is 0 Å². The van der Waals surface area contributed by atoms with Gasteiger partial charge in [0.15, 0.2) is 0 Å². The van der Waals surface area contributed by atoms with Crippen molar-refractivity contribution in [3.63, 3.8) is 0 Å². The molecule has 0 saturated carbocycles. The van der Waals surface area contributed by atoms with Crippen molar-refractivity contribution < 1.29 is 21.5 Å². The molecule has 2 N–H and O–H groups in total. The highest BCUT2D eigenvalue weighted by atomic mass is 79.9. The van der Waals surface area contributed by atoms with Crippen molar-refractivity contribution >= 4 is 12.6 Å². The van der Waals surface area contributed by atoms with E-state index < -0.39 is 0 Å². The minimum absolute atomic E-state index is 0. The van der Waals surface area contributed by atoms with Gasteiger partial charge in [-0.2, -0.15) is 12.6 Å². The number of nitrogens with two attached hydrogens (primary N) is 1. The summed E-state index contributed by atoms with van der Waals surface area (Å²) in [7, 11) is 4.19. The van der Waals surface area contributed by atoms with Crippen molar-refractivity contribution in [2.75, 3.05) is 33.1 Å². The van der Waals surface area contributed by atoms with Crippen LogP contribution in [0.4, 0.5) is 0 Å². The second-order valence-electron chi connectivity index (χ2n) is 2.57. The molecule has 4 heteroatoms. The first-order valence-electron chi connectivity index (χ1n) is 2.75. The maximum atomic E-state index is 5.43. The molecule has 0 radical (unpaired) electrons. The van der Waals surface area contributed by atoms with Gasteiger partial charge in [-0.1, -0.05) is 0 Å². The van der Waals surface area contributed by atoms with Crippen molar-refractivity contribution in [2.45, 2.75) is 0 Å². The zero-order valence-corrected chi connectivity index (χ0v) is 8.45. The molecule has 0 heterocycles. The normalized spacial score (nSPS) is 10.7. The average Bonchev–Trinajstić information content (AvgIpc) is 1.67. The summed E-state index contributed by atoms with van der Waals surface area (Å²) in [5.74, 6) is 0.907. The van der Waals surface area contributed by atoms with Crippen LogP contribution in [-0.2, 0) is 0 Å². The Hall–Kier alpha value is 0.750. The summed E-state index contributed by atoms with van der Waals surface area (Å²) in [6, 6.07) is 0. The summed E-state index contributed by atoms with van der Waals surface area (Å²) in [4.78, 5) is 0. The molecule has 0 aliphatic rings. The maximum absolute atomic E-state index is 5.43. The van der Waals surface area contributed by atoms with Crippen LogP contribution in [0.3, 0.4) is 0 Å². The zero-order chi connectivity index (χ0) is 6.62. The minimum atomic E-state index is 0. The molecule has 0 saturated heterocycles. The van der Waals surface area contributed by atoms with Crippen molar-refractivity contribution in [2.24, 2.45) is 5.73 Å². The van der Waals surface area contributed by atoms with Crippen LogP contribution < -0.4 is 22.7 Å². The van der Waals surface area contributed by atoms with E-state index in [1.165, 1.54) is 0 Å². The number of halogens is 1. The summed E-state index contributed by atoms with van der Waals surface area (Å²) >= 11 is 4.10. The lowest BCUT2D eigenvalue weighted by molar-refractivity contribution is -0.887. The van der Waals surface area contributed by atoms with Crippen LogP contribution in [0.1, 0.15) is 0 Å². The highest BCUT2D eigenvalue weighted by molar-refractivity contribution is 7.80. The van der Waals surface area contributed by atoms with Crippen LogP contribution in [-0.4, -0.2) is 37.5 Å². The summed E-state index contributed by atoms with van der Waals surface area (Å²) in [6.45, 7) is 1.74. The first-order chi connectivity index (χ1) is 3.62. The predicted molar refractivity (Wildman–Crippen MR) is 39.9 cm³/mol. The van der Waals surface area contributed by atoms with E-state index in [1.807, 2.05) is 0 Å². The predicted octanol–water partition coefficient (Wildman–Crippen LogP) is -3.09. The minimum Gasteiger partial charge on any atom is -1.00 e. The monoisotopic (exact) mass is 214 g/mol. The molecule has 0 aromatic carbocycles. The molecule has 0 fully saturated rings. The highest BCUT2D eigenvalue weighted by Crippen LogP contribution is 1.91. The van der Waals surface area contributed by atoms with Crippen molar-refractivity contribution in [1.29, 1.82) is 0 Å². The fraction of sp³-hybridized carbons (Fsp3) is 1.00. The second kappa shape index (κ2) is 5.53. The third-order valence-corrected chi connectivity index (χ3v) is 1.40. The molecular formula is C5H15BrN2S. The van der Waals surface area contributed by atoms with E-state index in [2.05, 4.69) is 26.7 Å². The van der Waals surface area contributed by atoms with Crippen LogP contribution in [0.15, 0.2) is 0 Å². The van der Waals surface area contributed by atoms with E-state index in [4.69, 9.17) is 5.73 Å². The number of quaternary nitrogens is 1. The van der Waals surface area contributed by atoms with Gasteiger partial charge in [-0.05, 0) is 0 Å². The smallest absolute Gasteiger partial charge is 0.129 e. The van der Waals surface area contributed by atoms with Gasteiger partial charge in [-0.3, -0.25) is 5.73 Å². The fourth-order valence-electron chi connectivity index (χ4n) is 0.362. The number of thiol groups is 1. The zero-order valence-electron chi connectivity index (χ0n) is 5.97. The third kappa shape index (κ3) is 6.64. The first kappa shape index (κ1) is 12.4.